The first-order valence-electron chi connectivity index (χ1n) is 5.21. The van der Waals surface area contributed by atoms with Crippen LogP contribution in [0, 0.1) is 0 Å². The number of rotatable bonds is 3. The molecule has 0 unspecified atom stereocenters. The Morgan fingerprint density at radius 3 is 3.06 bits per heavy atom. The molecule has 0 saturated carbocycles. The zero-order valence-electron chi connectivity index (χ0n) is 9.58. The molecule has 2 N–H and O–H groups in total. The Balaban J connectivity index is 1.96. The standard InChI is InChI=1S/C11H11BrN2O2S2/c1-6-9(3-13-11(17)14-6)10(15)16-4-8-2-7(12)5-18-8/h2,5H,3-4H2,1H3,(H2,13,14,17). The average Bonchev–Trinajstić information content (AvgIpc) is 2.72. The van der Waals surface area contributed by atoms with Gasteiger partial charge in [-0.1, -0.05) is 0 Å². The van der Waals surface area contributed by atoms with E-state index in [1.165, 1.54) is 0 Å². The SMILES string of the molecule is CC1=C(C(=O)OCc2cc(Br)cs2)CNC(=S)N1. The molecule has 0 fully saturated rings. The van der Waals surface area contributed by atoms with Crippen LogP contribution in [0.15, 0.2) is 27.2 Å². The van der Waals surface area contributed by atoms with E-state index in [4.69, 9.17) is 17.0 Å². The van der Waals surface area contributed by atoms with Crippen LogP contribution in [0.2, 0.25) is 0 Å². The smallest absolute Gasteiger partial charge is 0.337 e. The third-order valence-corrected chi connectivity index (χ3v) is 4.31. The summed E-state index contributed by atoms with van der Waals surface area (Å²) in [6.07, 6.45) is 0. The summed E-state index contributed by atoms with van der Waals surface area (Å²) in [6.45, 7) is 2.51. The summed E-state index contributed by atoms with van der Waals surface area (Å²) in [6, 6.07) is 1.94. The van der Waals surface area contributed by atoms with Gasteiger partial charge < -0.3 is 15.4 Å². The summed E-state index contributed by atoms with van der Waals surface area (Å²) in [5.41, 5.74) is 1.33. The number of thiocarbonyl (C=S) groups is 1. The van der Waals surface area contributed by atoms with Gasteiger partial charge in [0.1, 0.15) is 6.61 Å². The Labute approximate surface area is 123 Å². The quantitative estimate of drug-likeness (QED) is 0.649. The Morgan fingerprint density at radius 1 is 1.67 bits per heavy atom. The zero-order valence-corrected chi connectivity index (χ0v) is 12.8. The average molecular weight is 347 g/mol. The lowest BCUT2D eigenvalue weighted by Crippen LogP contribution is -2.42. The van der Waals surface area contributed by atoms with Crippen LogP contribution in [0.4, 0.5) is 0 Å². The highest BCUT2D eigenvalue weighted by molar-refractivity contribution is 9.10. The maximum absolute atomic E-state index is 11.9. The van der Waals surface area contributed by atoms with E-state index in [2.05, 4.69) is 26.6 Å². The van der Waals surface area contributed by atoms with Gasteiger partial charge in [-0.3, -0.25) is 0 Å². The van der Waals surface area contributed by atoms with Crippen LogP contribution in [-0.2, 0) is 16.1 Å². The van der Waals surface area contributed by atoms with E-state index < -0.39 is 0 Å². The summed E-state index contributed by atoms with van der Waals surface area (Å²) in [5, 5.41) is 8.30. The summed E-state index contributed by atoms with van der Waals surface area (Å²) in [4.78, 5) is 12.9. The molecular formula is C11H11BrN2O2S2. The number of thiophene rings is 1. The molecule has 0 radical (unpaired) electrons. The number of allylic oxidation sites excluding steroid dienone is 1. The Bertz CT molecular complexity index is 525. The van der Waals surface area contributed by atoms with Crippen molar-refractivity contribution in [3.05, 3.63) is 32.1 Å². The molecule has 7 heteroatoms. The molecular weight excluding hydrogens is 336 g/mol. The van der Waals surface area contributed by atoms with Crippen LogP contribution in [-0.4, -0.2) is 17.6 Å². The van der Waals surface area contributed by atoms with Crippen LogP contribution < -0.4 is 10.6 Å². The van der Waals surface area contributed by atoms with Crippen LogP contribution >= 0.6 is 39.5 Å². The van der Waals surface area contributed by atoms with Gasteiger partial charge in [0.15, 0.2) is 5.11 Å². The second kappa shape index (κ2) is 5.81. The van der Waals surface area contributed by atoms with Crippen molar-refractivity contribution in [2.45, 2.75) is 13.5 Å². The number of hydrogen-bond donors (Lipinski definition) is 2. The Morgan fingerprint density at radius 2 is 2.44 bits per heavy atom. The van der Waals surface area contributed by atoms with E-state index in [0.29, 0.717) is 17.2 Å². The summed E-state index contributed by atoms with van der Waals surface area (Å²) >= 11 is 9.86. The molecule has 1 aromatic heterocycles. The monoisotopic (exact) mass is 346 g/mol. The van der Waals surface area contributed by atoms with Crippen molar-refractivity contribution in [3.8, 4) is 0 Å². The first-order valence-corrected chi connectivity index (χ1v) is 7.29. The minimum atomic E-state index is -0.320. The van der Waals surface area contributed by atoms with E-state index in [-0.39, 0.29) is 12.6 Å². The number of esters is 1. The highest BCUT2D eigenvalue weighted by Gasteiger charge is 2.19. The van der Waals surface area contributed by atoms with Crippen LogP contribution in [0.3, 0.4) is 0 Å². The fourth-order valence-electron chi connectivity index (χ4n) is 1.47. The molecule has 0 saturated heterocycles. The van der Waals surface area contributed by atoms with E-state index in [0.717, 1.165) is 15.0 Å². The van der Waals surface area contributed by atoms with Crippen molar-refractivity contribution in [3.63, 3.8) is 0 Å². The molecule has 0 aliphatic carbocycles. The van der Waals surface area contributed by atoms with Crippen molar-refractivity contribution in [1.82, 2.24) is 10.6 Å². The maximum Gasteiger partial charge on any atom is 0.337 e. The predicted molar refractivity (Wildman–Crippen MR) is 78.3 cm³/mol. The molecule has 0 spiro atoms. The van der Waals surface area contributed by atoms with Gasteiger partial charge in [0.25, 0.3) is 0 Å². The van der Waals surface area contributed by atoms with E-state index in [9.17, 15) is 4.79 Å². The van der Waals surface area contributed by atoms with E-state index in [1.807, 2.05) is 18.4 Å². The van der Waals surface area contributed by atoms with E-state index >= 15 is 0 Å². The number of ether oxygens (including phenoxy) is 1. The van der Waals surface area contributed by atoms with Gasteiger partial charge in [0.05, 0.1) is 12.1 Å². The minimum Gasteiger partial charge on any atom is -0.457 e. The van der Waals surface area contributed by atoms with Crippen LogP contribution in [0.25, 0.3) is 0 Å². The van der Waals surface area contributed by atoms with Crippen LogP contribution in [0.5, 0.6) is 0 Å². The van der Waals surface area contributed by atoms with Crippen molar-refractivity contribution in [2.75, 3.05) is 6.54 Å². The lowest BCUT2D eigenvalue weighted by molar-refractivity contribution is -0.140. The van der Waals surface area contributed by atoms with Gasteiger partial charge >= 0.3 is 5.97 Å². The lowest BCUT2D eigenvalue weighted by Gasteiger charge is -2.20. The van der Waals surface area contributed by atoms with Gasteiger partial charge in [-0.25, -0.2) is 4.79 Å². The van der Waals surface area contributed by atoms with Crippen molar-refractivity contribution in [2.24, 2.45) is 0 Å². The Kier molecular flexibility index (Phi) is 4.36. The minimum absolute atomic E-state index is 0.288. The first-order chi connectivity index (χ1) is 8.56. The van der Waals surface area contributed by atoms with Gasteiger partial charge in [0.2, 0.25) is 0 Å². The molecule has 18 heavy (non-hydrogen) atoms. The lowest BCUT2D eigenvalue weighted by atomic mass is 10.2. The van der Waals surface area contributed by atoms with Gasteiger partial charge in [0, 0.05) is 20.4 Å². The molecule has 0 atom stereocenters. The van der Waals surface area contributed by atoms with Gasteiger partial charge in [-0.05, 0) is 41.1 Å². The number of carbonyl (C=O) groups is 1. The number of nitrogens with one attached hydrogen (secondary N) is 2. The second-order valence-electron chi connectivity index (χ2n) is 3.72. The molecule has 0 amide bonds. The molecule has 0 aromatic carbocycles. The van der Waals surface area contributed by atoms with Crippen molar-refractivity contribution >= 4 is 50.6 Å². The molecule has 4 nitrogen and oxygen atoms in total. The highest BCUT2D eigenvalue weighted by Crippen LogP contribution is 2.20. The largest absolute Gasteiger partial charge is 0.457 e. The number of hydrogen-bond acceptors (Lipinski definition) is 4. The molecule has 1 aromatic rings. The topological polar surface area (TPSA) is 50.4 Å². The molecule has 1 aliphatic heterocycles. The first kappa shape index (κ1) is 13.5. The van der Waals surface area contributed by atoms with Gasteiger partial charge in [-0.2, -0.15) is 0 Å². The zero-order chi connectivity index (χ0) is 13.1. The normalized spacial score (nSPS) is 15.1. The molecule has 2 rings (SSSR count). The van der Waals surface area contributed by atoms with Crippen molar-refractivity contribution in [1.29, 1.82) is 0 Å². The third kappa shape index (κ3) is 3.30. The van der Waals surface area contributed by atoms with Crippen LogP contribution in [0.1, 0.15) is 11.8 Å². The number of carbonyl (C=O) groups excluding carboxylic acids is 1. The highest BCUT2D eigenvalue weighted by atomic mass is 79.9. The molecule has 1 aliphatic rings. The summed E-state index contributed by atoms with van der Waals surface area (Å²) in [5.74, 6) is -0.320. The Hall–Kier alpha value is -0.920. The predicted octanol–water partition coefficient (Wildman–Crippen LogP) is 2.31. The van der Waals surface area contributed by atoms with Gasteiger partial charge in [-0.15, -0.1) is 11.3 Å². The molecule has 2 heterocycles. The fraction of sp³-hybridized carbons (Fsp3) is 0.273. The van der Waals surface area contributed by atoms with E-state index in [1.54, 1.807) is 11.3 Å². The summed E-state index contributed by atoms with van der Waals surface area (Å²) in [7, 11) is 0. The molecule has 0 bridgehead atoms. The fourth-order valence-corrected chi connectivity index (χ4v) is 3.06. The van der Waals surface area contributed by atoms with Crippen molar-refractivity contribution < 1.29 is 9.53 Å². The molecule has 96 valence electrons. The third-order valence-electron chi connectivity index (χ3n) is 2.39. The number of halogens is 1. The maximum atomic E-state index is 11.9. The second-order valence-corrected chi connectivity index (χ2v) is 6.04. The summed E-state index contributed by atoms with van der Waals surface area (Å²) < 4.78 is 6.26.